The molecular formula is C22H26Cl2N4O. The van der Waals surface area contributed by atoms with Crippen molar-refractivity contribution in [3.05, 3.63) is 61.5 Å². The van der Waals surface area contributed by atoms with Gasteiger partial charge in [0.1, 0.15) is 0 Å². The van der Waals surface area contributed by atoms with Gasteiger partial charge in [-0.25, -0.2) is 4.98 Å². The van der Waals surface area contributed by atoms with Crippen LogP contribution in [0.15, 0.2) is 34.6 Å². The summed E-state index contributed by atoms with van der Waals surface area (Å²) < 4.78 is 1.76. The molecule has 0 radical (unpaired) electrons. The molecule has 0 bridgehead atoms. The molecule has 0 saturated carbocycles. The van der Waals surface area contributed by atoms with E-state index in [2.05, 4.69) is 11.0 Å². The average Bonchev–Trinajstić information content (AvgIpc) is 2.70. The molecule has 0 atom stereocenters. The molecule has 5 nitrogen and oxygen atoms in total. The third-order valence-electron chi connectivity index (χ3n) is 5.84. The van der Waals surface area contributed by atoms with Crippen LogP contribution in [0, 0.1) is 13.8 Å². The van der Waals surface area contributed by atoms with E-state index < -0.39 is 0 Å². The Kier molecular flexibility index (Phi) is 6.00. The van der Waals surface area contributed by atoms with Crippen LogP contribution in [0.1, 0.15) is 43.4 Å². The summed E-state index contributed by atoms with van der Waals surface area (Å²) in [5.74, 6) is 0.643. The Morgan fingerprint density at radius 3 is 2.52 bits per heavy atom. The van der Waals surface area contributed by atoms with Crippen LogP contribution < -0.4 is 10.5 Å². The number of aromatic nitrogens is 2. The molecule has 0 amide bonds. The zero-order valence-electron chi connectivity index (χ0n) is 16.9. The van der Waals surface area contributed by atoms with Gasteiger partial charge in [-0.3, -0.25) is 19.2 Å². The Hall–Kier alpha value is -1.82. The fraction of sp³-hybridized carbons (Fsp3) is 0.455. The molecule has 0 fully saturated rings. The zero-order chi connectivity index (χ0) is 20.5. The van der Waals surface area contributed by atoms with Crippen LogP contribution in [0.3, 0.4) is 0 Å². The monoisotopic (exact) mass is 432 g/mol. The highest BCUT2D eigenvalue weighted by Crippen LogP contribution is 2.32. The minimum Gasteiger partial charge on any atom is -0.298 e. The predicted molar refractivity (Wildman–Crippen MR) is 119 cm³/mol. The van der Waals surface area contributed by atoms with Crippen molar-refractivity contribution in [2.45, 2.75) is 52.6 Å². The van der Waals surface area contributed by atoms with E-state index in [4.69, 9.17) is 28.2 Å². The van der Waals surface area contributed by atoms with Crippen LogP contribution in [-0.2, 0) is 6.67 Å². The second kappa shape index (κ2) is 8.50. The molecule has 4 rings (SSSR count). The number of halogens is 2. The van der Waals surface area contributed by atoms with Crippen molar-refractivity contribution in [3.8, 4) is 0 Å². The van der Waals surface area contributed by atoms with Crippen LogP contribution >= 0.6 is 23.2 Å². The Labute approximate surface area is 181 Å². The lowest BCUT2D eigenvalue weighted by Gasteiger charge is -2.38. The van der Waals surface area contributed by atoms with Crippen LogP contribution in [0.25, 0.3) is 0 Å². The summed E-state index contributed by atoms with van der Waals surface area (Å²) in [6, 6.07) is 5.45. The number of fused-ring (bicyclic) bond motifs is 1. The van der Waals surface area contributed by atoms with Gasteiger partial charge in [-0.2, -0.15) is 0 Å². The van der Waals surface area contributed by atoms with Crippen molar-refractivity contribution in [2.75, 3.05) is 18.1 Å². The number of benzene rings is 1. The van der Waals surface area contributed by atoms with E-state index in [1.165, 1.54) is 31.3 Å². The lowest BCUT2D eigenvalue weighted by molar-refractivity contribution is 0.199. The summed E-state index contributed by atoms with van der Waals surface area (Å²) in [5.41, 5.74) is 3.82. The molecule has 2 aromatic rings. The summed E-state index contributed by atoms with van der Waals surface area (Å²) in [6.07, 6.45) is 8.38. The second-order valence-corrected chi connectivity index (χ2v) is 8.82. The molecule has 0 unspecified atom stereocenters. The normalized spacial score (nSPS) is 17.2. The molecule has 7 heteroatoms. The standard InChI is InChI=1S/C22H26Cl2N4O/c1-15-16(2)25-22-27(20-11-18(23)10-19(24)12-20)13-26(14-28(22)21(15)29)9-8-17-6-4-3-5-7-17/h6,10-12H,3-5,7-9,13-14H2,1-2H3. The van der Waals surface area contributed by atoms with Crippen LogP contribution in [0.5, 0.6) is 0 Å². The lowest BCUT2D eigenvalue weighted by Crippen LogP contribution is -2.48. The Balaban J connectivity index is 1.69. The molecule has 0 N–H and O–H groups in total. The first-order chi connectivity index (χ1) is 13.9. The van der Waals surface area contributed by atoms with Crippen LogP contribution in [-0.4, -0.2) is 27.7 Å². The summed E-state index contributed by atoms with van der Waals surface area (Å²) in [5, 5.41) is 1.13. The van der Waals surface area contributed by atoms with Gasteiger partial charge in [0.15, 0.2) is 0 Å². The topological polar surface area (TPSA) is 41.4 Å². The predicted octanol–water partition coefficient (Wildman–Crippen LogP) is 5.43. The molecule has 1 aliphatic heterocycles. The summed E-state index contributed by atoms with van der Waals surface area (Å²) >= 11 is 12.5. The van der Waals surface area contributed by atoms with Gasteiger partial charge < -0.3 is 0 Å². The summed E-state index contributed by atoms with van der Waals surface area (Å²) in [7, 11) is 0. The number of allylic oxidation sites excluding steroid dienone is 1. The van der Waals surface area contributed by atoms with E-state index >= 15 is 0 Å². The Morgan fingerprint density at radius 2 is 1.83 bits per heavy atom. The molecule has 0 saturated heterocycles. The maximum Gasteiger partial charge on any atom is 0.259 e. The fourth-order valence-corrected chi connectivity index (χ4v) is 4.57. The van der Waals surface area contributed by atoms with Gasteiger partial charge in [-0.05, 0) is 64.2 Å². The highest BCUT2D eigenvalue weighted by atomic mass is 35.5. The van der Waals surface area contributed by atoms with Gasteiger partial charge in [-0.15, -0.1) is 0 Å². The lowest BCUT2D eigenvalue weighted by atomic mass is 9.97. The van der Waals surface area contributed by atoms with E-state index in [0.717, 1.165) is 24.3 Å². The molecule has 2 heterocycles. The van der Waals surface area contributed by atoms with Gasteiger partial charge >= 0.3 is 0 Å². The minimum absolute atomic E-state index is 0.00667. The first-order valence-corrected chi connectivity index (χ1v) is 10.9. The van der Waals surface area contributed by atoms with Crippen molar-refractivity contribution >= 4 is 34.8 Å². The maximum atomic E-state index is 13.0. The molecule has 0 spiro atoms. The highest BCUT2D eigenvalue weighted by Gasteiger charge is 2.27. The highest BCUT2D eigenvalue weighted by molar-refractivity contribution is 6.35. The third kappa shape index (κ3) is 4.37. The van der Waals surface area contributed by atoms with Crippen LogP contribution in [0.4, 0.5) is 11.6 Å². The quantitative estimate of drug-likeness (QED) is 0.604. The zero-order valence-corrected chi connectivity index (χ0v) is 18.4. The second-order valence-electron chi connectivity index (χ2n) is 7.95. The minimum atomic E-state index is 0.00667. The van der Waals surface area contributed by atoms with Crippen molar-refractivity contribution in [1.29, 1.82) is 0 Å². The molecular weight excluding hydrogens is 407 g/mol. The molecule has 2 aliphatic rings. The first kappa shape index (κ1) is 20.5. The number of hydrogen-bond donors (Lipinski definition) is 0. The van der Waals surface area contributed by atoms with Gasteiger partial charge in [-0.1, -0.05) is 34.9 Å². The number of nitrogens with zero attached hydrogens (tertiary/aromatic N) is 4. The molecule has 29 heavy (non-hydrogen) atoms. The van der Waals surface area contributed by atoms with Crippen molar-refractivity contribution in [3.63, 3.8) is 0 Å². The van der Waals surface area contributed by atoms with Crippen molar-refractivity contribution in [1.82, 2.24) is 14.5 Å². The average molecular weight is 433 g/mol. The number of rotatable bonds is 4. The maximum absolute atomic E-state index is 13.0. The van der Waals surface area contributed by atoms with E-state index in [1.54, 1.807) is 10.6 Å². The van der Waals surface area contributed by atoms with E-state index in [1.807, 2.05) is 30.9 Å². The fourth-order valence-electron chi connectivity index (χ4n) is 4.05. The first-order valence-electron chi connectivity index (χ1n) is 10.1. The van der Waals surface area contributed by atoms with Gasteiger partial charge in [0.2, 0.25) is 5.95 Å². The molecule has 1 aromatic heterocycles. The molecule has 1 aliphatic carbocycles. The smallest absolute Gasteiger partial charge is 0.259 e. The Morgan fingerprint density at radius 1 is 1.07 bits per heavy atom. The summed E-state index contributed by atoms with van der Waals surface area (Å²) in [6.45, 7) is 5.79. The van der Waals surface area contributed by atoms with E-state index in [9.17, 15) is 4.79 Å². The molecule has 1 aromatic carbocycles. The number of anilines is 2. The van der Waals surface area contributed by atoms with Gasteiger partial charge in [0.25, 0.3) is 5.56 Å². The van der Waals surface area contributed by atoms with Gasteiger partial charge in [0, 0.05) is 33.5 Å². The number of hydrogen-bond acceptors (Lipinski definition) is 4. The van der Waals surface area contributed by atoms with Gasteiger partial charge in [0.05, 0.1) is 13.3 Å². The largest absolute Gasteiger partial charge is 0.298 e. The number of aryl methyl sites for hydroxylation is 1. The Bertz CT molecular complexity index is 994. The van der Waals surface area contributed by atoms with Crippen molar-refractivity contribution in [2.24, 2.45) is 0 Å². The van der Waals surface area contributed by atoms with E-state index in [-0.39, 0.29) is 5.56 Å². The summed E-state index contributed by atoms with van der Waals surface area (Å²) in [4.78, 5) is 22.1. The van der Waals surface area contributed by atoms with Crippen molar-refractivity contribution < 1.29 is 0 Å². The third-order valence-corrected chi connectivity index (χ3v) is 6.27. The molecule has 154 valence electrons. The SMILES string of the molecule is Cc1nc2n(c(=O)c1C)CN(CCC1=CCCCC1)CN2c1cc(Cl)cc(Cl)c1. The van der Waals surface area contributed by atoms with Crippen LogP contribution in [0.2, 0.25) is 10.0 Å². The van der Waals surface area contributed by atoms with E-state index in [0.29, 0.717) is 34.9 Å².